The Kier molecular flexibility index (Phi) is 5.22. The van der Waals surface area contributed by atoms with Gasteiger partial charge in [0.05, 0.1) is 6.42 Å². The van der Waals surface area contributed by atoms with Crippen LogP contribution in [0.3, 0.4) is 0 Å². The molecule has 2 bridgehead atoms. The molecule has 0 spiro atoms. The van der Waals surface area contributed by atoms with E-state index in [1.807, 2.05) is 11.9 Å². The Morgan fingerprint density at radius 1 is 1.24 bits per heavy atom. The smallest absolute Gasteiger partial charge is 0.226 e. The Labute approximate surface area is 131 Å². The van der Waals surface area contributed by atoms with E-state index in [2.05, 4.69) is 5.32 Å². The lowest BCUT2D eigenvalue weighted by atomic mass is 9.98. The number of rotatable bonds is 3. The highest BCUT2D eigenvalue weighted by Gasteiger charge is 2.36. The second-order valence-electron chi connectivity index (χ2n) is 6.07. The third-order valence-electron chi connectivity index (χ3n) is 4.66. The van der Waals surface area contributed by atoms with E-state index in [0.29, 0.717) is 24.5 Å². The van der Waals surface area contributed by atoms with E-state index in [-0.39, 0.29) is 24.1 Å². The van der Waals surface area contributed by atoms with Gasteiger partial charge in [0.25, 0.3) is 0 Å². The molecule has 2 saturated heterocycles. The van der Waals surface area contributed by atoms with Crippen molar-refractivity contribution >= 4 is 18.3 Å². The highest BCUT2D eigenvalue weighted by molar-refractivity contribution is 5.85. The predicted molar refractivity (Wildman–Crippen MR) is 83.1 cm³/mol. The molecule has 2 aliphatic rings. The van der Waals surface area contributed by atoms with Crippen LogP contribution in [0, 0.1) is 5.82 Å². The molecule has 21 heavy (non-hydrogen) atoms. The number of benzene rings is 1. The fourth-order valence-corrected chi connectivity index (χ4v) is 3.45. The quantitative estimate of drug-likeness (QED) is 0.930. The first kappa shape index (κ1) is 16.2. The first-order valence-electron chi connectivity index (χ1n) is 7.38. The lowest BCUT2D eigenvalue weighted by Crippen LogP contribution is -2.49. The molecular formula is C16H22ClFN2O. The summed E-state index contributed by atoms with van der Waals surface area (Å²) in [6, 6.07) is 7.71. The maximum atomic E-state index is 12.9. The van der Waals surface area contributed by atoms with Crippen molar-refractivity contribution in [2.75, 3.05) is 7.05 Å². The number of carbonyl (C=O) groups excluding carboxylic acids is 1. The summed E-state index contributed by atoms with van der Waals surface area (Å²) in [5, 5.41) is 3.59. The van der Waals surface area contributed by atoms with Gasteiger partial charge < -0.3 is 10.2 Å². The third kappa shape index (κ3) is 3.74. The molecule has 2 heterocycles. The van der Waals surface area contributed by atoms with Crippen LogP contribution in [0.15, 0.2) is 24.3 Å². The van der Waals surface area contributed by atoms with Gasteiger partial charge in [-0.25, -0.2) is 4.39 Å². The van der Waals surface area contributed by atoms with E-state index in [9.17, 15) is 9.18 Å². The van der Waals surface area contributed by atoms with Crippen molar-refractivity contribution < 1.29 is 9.18 Å². The van der Waals surface area contributed by atoms with Crippen LogP contribution in [0.5, 0.6) is 0 Å². The Hall–Kier alpha value is -1.13. The monoisotopic (exact) mass is 312 g/mol. The van der Waals surface area contributed by atoms with Gasteiger partial charge in [0.15, 0.2) is 0 Å². The molecule has 2 unspecified atom stereocenters. The number of hydrogen-bond acceptors (Lipinski definition) is 2. The van der Waals surface area contributed by atoms with Crippen LogP contribution < -0.4 is 5.32 Å². The van der Waals surface area contributed by atoms with Gasteiger partial charge in [0.2, 0.25) is 5.91 Å². The summed E-state index contributed by atoms with van der Waals surface area (Å²) >= 11 is 0. The van der Waals surface area contributed by atoms with Crippen molar-refractivity contribution in [1.29, 1.82) is 0 Å². The molecule has 2 aliphatic heterocycles. The average Bonchev–Trinajstić information content (AvgIpc) is 2.79. The van der Waals surface area contributed by atoms with E-state index < -0.39 is 0 Å². The summed E-state index contributed by atoms with van der Waals surface area (Å²) in [4.78, 5) is 14.2. The minimum absolute atomic E-state index is 0. The predicted octanol–water partition coefficient (Wildman–Crippen LogP) is 2.53. The summed E-state index contributed by atoms with van der Waals surface area (Å²) in [5.41, 5.74) is 0.875. The number of nitrogens with zero attached hydrogens (tertiary/aromatic N) is 1. The van der Waals surface area contributed by atoms with E-state index in [0.717, 1.165) is 18.4 Å². The van der Waals surface area contributed by atoms with Gasteiger partial charge >= 0.3 is 0 Å². The van der Waals surface area contributed by atoms with Crippen molar-refractivity contribution in [2.24, 2.45) is 0 Å². The van der Waals surface area contributed by atoms with Crippen LogP contribution >= 0.6 is 12.4 Å². The fraction of sp³-hybridized carbons (Fsp3) is 0.562. The Balaban J connectivity index is 0.00000161. The molecule has 3 nitrogen and oxygen atoms in total. The zero-order valence-corrected chi connectivity index (χ0v) is 13.0. The van der Waals surface area contributed by atoms with E-state index in [1.54, 1.807) is 12.1 Å². The summed E-state index contributed by atoms with van der Waals surface area (Å²) < 4.78 is 12.9. The van der Waals surface area contributed by atoms with Gasteiger partial charge in [-0.2, -0.15) is 0 Å². The molecule has 0 aliphatic carbocycles. The normalized spacial score (nSPS) is 27.0. The van der Waals surface area contributed by atoms with Crippen LogP contribution in [0.1, 0.15) is 31.2 Å². The zero-order chi connectivity index (χ0) is 14.1. The van der Waals surface area contributed by atoms with Crippen LogP contribution in [0.4, 0.5) is 4.39 Å². The highest BCUT2D eigenvalue weighted by atomic mass is 35.5. The van der Waals surface area contributed by atoms with E-state index in [4.69, 9.17) is 0 Å². The number of likely N-dealkylation sites (N-methyl/N-ethyl adjacent to an activating group) is 1. The molecule has 5 heteroatoms. The summed E-state index contributed by atoms with van der Waals surface area (Å²) in [7, 11) is 1.90. The third-order valence-corrected chi connectivity index (χ3v) is 4.66. The van der Waals surface area contributed by atoms with Crippen molar-refractivity contribution in [3.8, 4) is 0 Å². The van der Waals surface area contributed by atoms with Crippen molar-refractivity contribution in [1.82, 2.24) is 10.2 Å². The van der Waals surface area contributed by atoms with Crippen molar-refractivity contribution in [2.45, 2.75) is 50.2 Å². The lowest BCUT2D eigenvalue weighted by molar-refractivity contribution is -0.131. The van der Waals surface area contributed by atoms with Gasteiger partial charge in [-0.15, -0.1) is 12.4 Å². The summed E-state index contributed by atoms with van der Waals surface area (Å²) in [6.45, 7) is 0. The van der Waals surface area contributed by atoms with Crippen LogP contribution in [0.25, 0.3) is 0 Å². The molecule has 3 rings (SSSR count). The van der Waals surface area contributed by atoms with Crippen molar-refractivity contribution in [3.05, 3.63) is 35.6 Å². The molecule has 0 aromatic heterocycles. The second-order valence-corrected chi connectivity index (χ2v) is 6.07. The van der Waals surface area contributed by atoms with Crippen molar-refractivity contribution in [3.63, 3.8) is 0 Å². The fourth-order valence-electron chi connectivity index (χ4n) is 3.45. The van der Waals surface area contributed by atoms with Crippen LogP contribution in [-0.4, -0.2) is 36.0 Å². The molecule has 1 N–H and O–H groups in total. The van der Waals surface area contributed by atoms with Gasteiger partial charge in [-0.1, -0.05) is 12.1 Å². The topological polar surface area (TPSA) is 32.3 Å². The Bertz CT molecular complexity index is 482. The summed E-state index contributed by atoms with van der Waals surface area (Å²) in [5.74, 6) is -0.132. The second kappa shape index (κ2) is 6.75. The minimum Gasteiger partial charge on any atom is -0.342 e. The molecule has 116 valence electrons. The number of amides is 1. The van der Waals surface area contributed by atoms with Gasteiger partial charge in [0.1, 0.15) is 5.82 Å². The molecule has 2 atom stereocenters. The summed E-state index contributed by atoms with van der Waals surface area (Å²) in [6.07, 6.45) is 4.95. The maximum absolute atomic E-state index is 12.9. The highest BCUT2D eigenvalue weighted by Crippen LogP contribution is 2.29. The van der Waals surface area contributed by atoms with E-state index >= 15 is 0 Å². The van der Waals surface area contributed by atoms with Gasteiger partial charge in [0, 0.05) is 25.2 Å². The molecule has 1 aromatic rings. The Morgan fingerprint density at radius 3 is 2.38 bits per heavy atom. The minimum atomic E-state index is -0.260. The molecule has 1 amide bonds. The molecule has 1 aromatic carbocycles. The first-order valence-corrected chi connectivity index (χ1v) is 7.38. The lowest BCUT2D eigenvalue weighted by Gasteiger charge is -2.35. The number of halogens is 2. The van der Waals surface area contributed by atoms with Crippen LogP contribution in [-0.2, 0) is 11.2 Å². The largest absolute Gasteiger partial charge is 0.342 e. The number of fused-ring (bicyclic) bond motifs is 2. The average molecular weight is 313 g/mol. The SMILES string of the molecule is CN(C(=O)Cc1ccc(F)cc1)C1CC2CCC(C1)N2.Cl. The number of carbonyl (C=O) groups is 1. The molecular weight excluding hydrogens is 291 g/mol. The standard InChI is InChI=1S/C16H21FN2O.ClH/c1-19(15-9-13-6-7-14(10-15)18-13)16(20)8-11-2-4-12(17)5-3-11;/h2-5,13-15,18H,6-10H2,1H3;1H. The Morgan fingerprint density at radius 2 is 1.81 bits per heavy atom. The molecule has 0 saturated carbocycles. The van der Waals surface area contributed by atoms with Gasteiger partial charge in [-0.05, 0) is 43.4 Å². The molecule has 2 fully saturated rings. The number of piperidine rings is 1. The number of nitrogens with one attached hydrogen (secondary N) is 1. The van der Waals surface area contributed by atoms with Crippen LogP contribution in [0.2, 0.25) is 0 Å². The first-order chi connectivity index (χ1) is 9.61. The zero-order valence-electron chi connectivity index (χ0n) is 12.2. The van der Waals surface area contributed by atoms with E-state index in [1.165, 1.54) is 25.0 Å². The number of hydrogen-bond donors (Lipinski definition) is 1. The maximum Gasteiger partial charge on any atom is 0.226 e. The molecule has 0 radical (unpaired) electrons. The van der Waals surface area contributed by atoms with Gasteiger partial charge in [-0.3, -0.25) is 4.79 Å².